The molecule has 1 aromatic carbocycles. The first-order chi connectivity index (χ1) is 7.21. The Labute approximate surface area is 88.5 Å². The minimum atomic E-state index is -2.68. The van der Waals surface area contributed by atoms with Crippen LogP contribution >= 0.6 is 0 Å². The Morgan fingerprint density at radius 1 is 1.07 bits per heavy atom. The Bertz CT molecular complexity index is 305. The van der Waals surface area contributed by atoms with E-state index in [1.54, 1.807) is 18.2 Å². The van der Waals surface area contributed by atoms with Gasteiger partial charge in [0.2, 0.25) is 0 Å². The Morgan fingerprint density at radius 2 is 1.67 bits per heavy atom. The van der Waals surface area contributed by atoms with Crippen LogP contribution in [0.4, 0.5) is 8.78 Å². The van der Waals surface area contributed by atoms with Gasteiger partial charge in [-0.1, -0.05) is 30.3 Å². The van der Waals surface area contributed by atoms with Crippen LogP contribution in [0.15, 0.2) is 30.3 Å². The van der Waals surface area contributed by atoms with Gasteiger partial charge in [-0.3, -0.25) is 0 Å². The second-order valence-electron chi connectivity index (χ2n) is 4.01. The maximum atomic E-state index is 14.0. The molecular weight excluding hydrogens is 196 g/mol. The fraction of sp³-hybridized carbons (Fsp3) is 0.500. The number of hydrogen-bond acceptors (Lipinski definition) is 1. The maximum absolute atomic E-state index is 14.0. The summed E-state index contributed by atoms with van der Waals surface area (Å²) < 4.78 is 28.0. The summed E-state index contributed by atoms with van der Waals surface area (Å²) in [6, 6.07) is 8.14. The summed E-state index contributed by atoms with van der Waals surface area (Å²) in [7, 11) is 0. The summed E-state index contributed by atoms with van der Waals surface area (Å²) >= 11 is 0. The molecule has 0 aliphatic carbocycles. The molecule has 0 atom stereocenters. The summed E-state index contributed by atoms with van der Waals surface area (Å²) in [5, 5.41) is 3.10. The van der Waals surface area contributed by atoms with Crippen LogP contribution in [0.25, 0.3) is 0 Å². The highest BCUT2D eigenvalue weighted by Gasteiger charge is 2.41. The Balaban J connectivity index is 2.18. The van der Waals surface area contributed by atoms with Crippen LogP contribution in [0.1, 0.15) is 18.4 Å². The van der Waals surface area contributed by atoms with Gasteiger partial charge >= 0.3 is 0 Å². The van der Waals surface area contributed by atoms with E-state index in [4.69, 9.17) is 0 Å². The second-order valence-corrected chi connectivity index (χ2v) is 4.01. The Hall–Kier alpha value is -0.960. The van der Waals surface area contributed by atoms with Crippen LogP contribution in [-0.4, -0.2) is 13.1 Å². The van der Waals surface area contributed by atoms with Crippen molar-refractivity contribution >= 4 is 0 Å². The molecule has 1 saturated heterocycles. The van der Waals surface area contributed by atoms with Crippen LogP contribution in [0.2, 0.25) is 0 Å². The van der Waals surface area contributed by atoms with Gasteiger partial charge in [-0.15, -0.1) is 0 Å². The first-order valence-electron chi connectivity index (χ1n) is 5.35. The molecule has 0 aromatic heterocycles. The minimum Gasteiger partial charge on any atom is -0.317 e. The van der Waals surface area contributed by atoms with Crippen LogP contribution < -0.4 is 5.32 Å². The number of rotatable bonds is 2. The van der Waals surface area contributed by atoms with Crippen LogP contribution in [0, 0.1) is 5.92 Å². The summed E-state index contributed by atoms with van der Waals surface area (Å²) in [5.41, 5.74) is 0.150. The lowest BCUT2D eigenvalue weighted by Crippen LogP contribution is -2.36. The largest absolute Gasteiger partial charge is 0.317 e. The van der Waals surface area contributed by atoms with E-state index in [1.807, 2.05) is 0 Å². The Kier molecular flexibility index (Phi) is 3.00. The zero-order valence-electron chi connectivity index (χ0n) is 8.55. The van der Waals surface area contributed by atoms with Crippen molar-refractivity contribution < 1.29 is 8.78 Å². The van der Waals surface area contributed by atoms with Crippen molar-refractivity contribution in [2.75, 3.05) is 13.1 Å². The predicted molar refractivity (Wildman–Crippen MR) is 55.9 cm³/mol. The van der Waals surface area contributed by atoms with Crippen molar-refractivity contribution in [3.63, 3.8) is 0 Å². The molecule has 0 amide bonds. The number of benzene rings is 1. The first kappa shape index (κ1) is 10.6. The average molecular weight is 211 g/mol. The van der Waals surface area contributed by atoms with Gasteiger partial charge in [-0.2, -0.15) is 0 Å². The molecule has 1 heterocycles. The standard InChI is InChI=1S/C12H15F2N/c13-12(14,10-4-2-1-3-5-10)11-6-8-15-9-7-11/h1-5,11,15H,6-9H2. The third kappa shape index (κ3) is 2.17. The lowest BCUT2D eigenvalue weighted by Gasteiger charge is -2.30. The summed E-state index contributed by atoms with van der Waals surface area (Å²) in [6.45, 7) is 1.40. The molecule has 1 aliphatic rings. The summed E-state index contributed by atoms with van der Waals surface area (Å²) in [4.78, 5) is 0. The van der Waals surface area contributed by atoms with Crippen LogP contribution in [-0.2, 0) is 5.92 Å². The molecule has 0 saturated carbocycles. The quantitative estimate of drug-likeness (QED) is 0.793. The molecule has 1 aliphatic heterocycles. The smallest absolute Gasteiger partial charge is 0.276 e. The van der Waals surface area contributed by atoms with Gasteiger partial charge in [0.15, 0.2) is 0 Å². The highest BCUT2D eigenvalue weighted by atomic mass is 19.3. The first-order valence-corrected chi connectivity index (χ1v) is 5.35. The zero-order valence-corrected chi connectivity index (χ0v) is 8.55. The fourth-order valence-corrected chi connectivity index (χ4v) is 2.08. The van der Waals surface area contributed by atoms with Gasteiger partial charge in [0, 0.05) is 11.5 Å². The molecule has 1 aromatic rings. The van der Waals surface area contributed by atoms with Gasteiger partial charge in [0.05, 0.1) is 0 Å². The molecule has 0 bridgehead atoms. The van der Waals surface area contributed by atoms with Crippen molar-refractivity contribution in [1.82, 2.24) is 5.32 Å². The highest BCUT2D eigenvalue weighted by molar-refractivity contribution is 5.21. The van der Waals surface area contributed by atoms with E-state index in [9.17, 15) is 8.78 Å². The van der Waals surface area contributed by atoms with Gasteiger partial charge in [-0.25, -0.2) is 8.78 Å². The molecule has 1 nitrogen and oxygen atoms in total. The van der Waals surface area contributed by atoms with Gasteiger partial charge in [-0.05, 0) is 25.9 Å². The Morgan fingerprint density at radius 3 is 2.27 bits per heavy atom. The zero-order chi connectivity index (χ0) is 10.7. The third-order valence-corrected chi connectivity index (χ3v) is 3.01. The van der Waals surface area contributed by atoms with E-state index in [0.717, 1.165) is 0 Å². The molecule has 82 valence electrons. The lowest BCUT2D eigenvalue weighted by atomic mass is 9.87. The third-order valence-electron chi connectivity index (χ3n) is 3.01. The number of nitrogens with one attached hydrogen (secondary N) is 1. The number of hydrogen-bond donors (Lipinski definition) is 1. The molecule has 2 rings (SSSR count). The molecular formula is C12H15F2N. The second kappa shape index (κ2) is 4.27. The molecule has 0 unspecified atom stereocenters. The summed E-state index contributed by atoms with van der Waals surface area (Å²) in [6.07, 6.45) is 1.11. The molecule has 1 N–H and O–H groups in total. The van der Waals surface area contributed by atoms with E-state index in [2.05, 4.69) is 5.32 Å². The lowest BCUT2D eigenvalue weighted by molar-refractivity contribution is -0.0753. The van der Waals surface area contributed by atoms with Crippen molar-refractivity contribution in [1.29, 1.82) is 0 Å². The number of halogens is 2. The van der Waals surface area contributed by atoms with E-state index >= 15 is 0 Å². The average Bonchev–Trinajstić information content (AvgIpc) is 2.31. The van der Waals surface area contributed by atoms with Gasteiger partial charge < -0.3 is 5.32 Å². The van der Waals surface area contributed by atoms with Crippen molar-refractivity contribution in [3.8, 4) is 0 Å². The maximum Gasteiger partial charge on any atom is 0.276 e. The number of alkyl halides is 2. The van der Waals surface area contributed by atoms with Crippen molar-refractivity contribution in [2.45, 2.75) is 18.8 Å². The minimum absolute atomic E-state index is 0.150. The van der Waals surface area contributed by atoms with Gasteiger partial charge in [0.25, 0.3) is 5.92 Å². The van der Waals surface area contributed by atoms with Crippen LogP contribution in [0.5, 0.6) is 0 Å². The van der Waals surface area contributed by atoms with E-state index < -0.39 is 11.8 Å². The van der Waals surface area contributed by atoms with Crippen LogP contribution in [0.3, 0.4) is 0 Å². The van der Waals surface area contributed by atoms with Crippen molar-refractivity contribution in [2.24, 2.45) is 5.92 Å². The molecule has 0 radical (unpaired) electrons. The monoisotopic (exact) mass is 211 g/mol. The predicted octanol–water partition coefficient (Wildman–Crippen LogP) is 2.78. The summed E-state index contributed by atoms with van der Waals surface area (Å²) in [5.74, 6) is -3.19. The van der Waals surface area contributed by atoms with Gasteiger partial charge in [0.1, 0.15) is 0 Å². The van der Waals surface area contributed by atoms with Crippen molar-refractivity contribution in [3.05, 3.63) is 35.9 Å². The molecule has 1 fully saturated rings. The van der Waals surface area contributed by atoms with E-state index in [1.165, 1.54) is 12.1 Å². The molecule has 0 spiro atoms. The van der Waals surface area contributed by atoms with E-state index in [-0.39, 0.29) is 5.56 Å². The normalized spacial score (nSPS) is 19.1. The van der Waals surface area contributed by atoms with E-state index in [0.29, 0.717) is 25.9 Å². The molecule has 3 heteroatoms. The number of piperidine rings is 1. The molecule has 15 heavy (non-hydrogen) atoms. The topological polar surface area (TPSA) is 12.0 Å². The highest BCUT2D eigenvalue weighted by Crippen LogP contribution is 2.40. The SMILES string of the molecule is FC(F)(c1ccccc1)C1CCNCC1. The fourth-order valence-electron chi connectivity index (χ4n) is 2.08.